The average Bonchev–Trinajstić information content (AvgIpc) is 2.53. The molecule has 2 rings (SSSR count). The Morgan fingerprint density at radius 1 is 1.42 bits per heavy atom. The summed E-state index contributed by atoms with van der Waals surface area (Å²) in [6.45, 7) is 2.01. The van der Waals surface area contributed by atoms with E-state index >= 15 is 0 Å². The van der Waals surface area contributed by atoms with Crippen molar-refractivity contribution in [1.82, 2.24) is 9.38 Å². The molecule has 0 fully saturated rings. The monoisotopic (exact) mass is 162 g/mol. The van der Waals surface area contributed by atoms with Crippen LogP contribution in [-0.4, -0.2) is 16.5 Å². The number of pyridine rings is 1. The molecule has 2 aromatic heterocycles. The van der Waals surface area contributed by atoms with Gasteiger partial charge in [-0.05, 0) is 19.1 Å². The highest BCUT2D eigenvalue weighted by Gasteiger charge is 2.01. The van der Waals surface area contributed by atoms with Crippen molar-refractivity contribution >= 4 is 5.65 Å². The lowest BCUT2D eigenvalue weighted by Crippen LogP contribution is -1.94. The number of hydrogen-bond acceptors (Lipinski definition) is 2. The second-order valence-electron chi connectivity index (χ2n) is 2.64. The van der Waals surface area contributed by atoms with E-state index in [2.05, 4.69) is 4.98 Å². The lowest BCUT2D eigenvalue weighted by molar-refractivity contribution is 0.408. The number of hydrogen-bond donors (Lipinski definition) is 0. The molecule has 62 valence electrons. The maximum atomic E-state index is 5.17. The van der Waals surface area contributed by atoms with Crippen LogP contribution in [0.4, 0.5) is 0 Å². The minimum atomic E-state index is 0.889. The van der Waals surface area contributed by atoms with Gasteiger partial charge in [0.2, 0.25) is 0 Å². The summed E-state index contributed by atoms with van der Waals surface area (Å²) in [4.78, 5) is 4.16. The molecule has 0 saturated heterocycles. The fourth-order valence-corrected chi connectivity index (χ4v) is 1.33. The second-order valence-corrected chi connectivity index (χ2v) is 2.64. The molecule has 0 amide bonds. The maximum Gasteiger partial charge on any atom is 0.138 e. The molecule has 12 heavy (non-hydrogen) atoms. The molecule has 0 atom stereocenters. The summed E-state index contributed by atoms with van der Waals surface area (Å²) in [5.74, 6) is 0.889. The fraction of sp³-hybridized carbons (Fsp3) is 0.222. The molecule has 2 heterocycles. The summed E-state index contributed by atoms with van der Waals surface area (Å²) in [5.41, 5.74) is 2.03. The predicted octanol–water partition coefficient (Wildman–Crippen LogP) is 1.65. The van der Waals surface area contributed by atoms with Crippen LogP contribution in [0.3, 0.4) is 0 Å². The zero-order chi connectivity index (χ0) is 8.55. The molecule has 0 aliphatic heterocycles. The third kappa shape index (κ3) is 0.863. The fourth-order valence-electron chi connectivity index (χ4n) is 1.33. The van der Waals surface area contributed by atoms with E-state index in [1.807, 2.05) is 29.7 Å². The van der Waals surface area contributed by atoms with E-state index in [1.54, 1.807) is 13.3 Å². The molecule has 0 N–H and O–H groups in total. The van der Waals surface area contributed by atoms with E-state index in [4.69, 9.17) is 4.74 Å². The summed E-state index contributed by atoms with van der Waals surface area (Å²) < 4.78 is 7.17. The number of nitrogens with zero attached hydrogens (tertiary/aromatic N) is 2. The van der Waals surface area contributed by atoms with Crippen molar-refractivity contribution in [1.29, 1.82) is 0 Å². The topological polar surface area (TPSA) is 26.5 Å². The minimum Gasteiger partial charge on any atom is -0.495 e. The highest BCUT2D eigenvalue weighted by molar-refractivity contribution is 5.45. The van der Waals surface area contributed by atoms with Gasteiger partial charge in [0.25, 0.3) is 0 Å². The van der Waals surface area contributed by atoms with Crippen molar-refractivity contribution in [2.24, 2.45) is 0 Å². The number of methoxy groups -OCH3 is 1. The first-order chi connectivity index (χ1) is 5.83. The summed E-state index contributed by atoms with van der Waals surface area (Å²) in [7, 11) is 1.67. The van der Waals surface area contributed by atoms with Crippen LogP contribution in [0.5, 0.6) is 5.75 Å². The first-order valence-electron chi connectivity index (χ1n) is 3.79. The minimum absolute atomic E-state index is 0.889. The highest BCUT2D eigenvalue weighted by Crippen LogP contribution is 2.17. The Morgan fingerprint density at radius 3 is 3.00 bits per heavy atom. The summed E-state index contributed by atoms with van der Waals surface area (Å²) in [6.07, 6.45) is 3.70. The summed E-state index contributed by atoms with van der Waals surface area (Å²) in [6, 6.07) is 3.86. The van der Waals surface area contributed by atoms with E-state index in [9.17, 15) is 0 Å². The van der Waals surface area contributed by atoms with E-state index in [-0.39, 0.29) is 0 Å². The largest absolute Gasteiger partial charge is 0.495 e. The van der Waals surface area contributed by atoms with Gasteiger partial charge in [0.1, 0.15) is 11.4 Å². The van der Waals surface area contributed by atoms with Crippen LogP contribution in [0.1, 0.15) is 5.69 Å². The van der Waals surface area contributed by atoms with Crippen LogP contribution in [0.25, 0.3) is 5.65 Å². The van der Waals surface area contributed by atoms with Crippen LogP contribution in [0.2, 0.25) is 0 Å². The standard InChI is InChI=1S/C9H10N2O/c1-7-8(12-2)3-4-9-10-5-6-11(7)9/h3-6H,1-2H3. The lowest BCUT2D eigenvalue weighted by Gasteiger charge is -2.05. The predicted molar refractivity (Wildman–Crippen MR) is 46.5 cm³/mol. The second kappa shape index (κ2) is 2.52. The van der Waals surface area contributed by atoms with Gasteiger partial charge in [-0.3, -0.25) is 0 Å². The summed E-state index contributed by atoms with van der Waals surface area (Å²) in [5, 5.41) is 0. The molecule has 0 radical (unpaired) electrons. The molecule has 3 nitrogen and oxygen atoms in total. The molecule has 3 heteroatoms. The Balaban J connectivity index is 2.78. The molecule has 0 unspecified atom stereocenters. The molecule has 2 aromatic rings. The molecule has 0 spiro atoms. The van der Waals surface area contributed by atoms with E-state index < -0.39 is 0 Å². The molecular weight excluding hydrogens is 152 g/mol. The quantitative estimate of drug-likeness (QED) is 0.637. The van der Waals surface area contributed by atoms with Crippen molar-refractivity contribution in [2.75, 3.05) is 7.11 Å². The van der Waals surface area contributed by atoms with E-state index in [0.29, 0.717) is 0 Å². The third-order valence-electron chi connectivity index (χ3n) is 1.99. The van der Waals surface area contributed by atoms with E-state index in [0.717, 1.165) is 17.1 Å². The smallest absolute Gasteiger partial charge is 0.138 e. The van der Waals surface area contributed by atoms with Gasteiger partial charge < -0.3 is 9.14 Å². The van der Waals surface area contributed by atoms with Crippen molar-refractivity contribution in [2.45, 2.75) is 6.92 Å². The van der Waals surface area contributed by atoms with Crippen molar-refractivity contribution < 1.29 is 4.74 Å². The Hall–Kier alpha value is -1.51. The van der Waals surface area contributed by atoms with Crippen molar-refractivity contribution in [3.63, 3.8) is 0 Å². The molecule has 0 saturated carbocycles. The molecule has 0 bridgehead atoms. The van der Waals surface area contributed by atoms with Gasteiger partial charge in [0, 0.05) is 12.4 Å². The first-order valence-corrected chi connectivity index (χ1v) is 3.79. The van der Waals surface area contributed by atoms with Crippen LogP contribution in [0.15, 0.2) is 24.5 Å². The Bertz CT molecular complexity index is 406. The van der Waals surface area contributed by atoms with Gasteiger partial charge in [0.05, 0.1) is 12.8 Å². The number of aromatic nitrogens is 2. The molecule has 0 aliphatic carbocycles. The number of ether oxygens (including phenoxy) is 1. The maximum absolute atomic E-state index is 5.17. The van der Waals surface area contributed by atoms with Gasteiger partial charge >= 0.3 is 0 Å². The van der Waals surface area contributed by atoms with Crippen LogP contribution >= 0.6 is 0 Å². The molecule has 0 aromatic carbocycles. The SMILES string of the molecule is COc1ccc2nccn2c1C. The van der Waals surface area contributed by atoms with Crippen LogP contribution < -0.4 is 4.74 Å². The molecular formula is C9H10N2O. The van der Waals surface area contributed by atoms with Gasteiger partial charge in [-0.2, -0.15) is 0 Å². The van der Waals surface area contributed by atoms with Crippen LogP contribution in [0, 0.1) is 6.92 Å². The van der Waals surface area contributed by atoms with Gasteiger partial charge in [-0.25, -0.2) is 4.98 Å². The zero-order valence-electron chi connectivity index (χ0n) is 7.11. The number of rotatable bonds is 1. The van der Waals surface area contributed by atoms with Crippen molar-refractivity contribution in [3.8, 4) is 5.75 Å². The zero-order valence-corrected chi connectivity index (χ0v) is 7.11. The number of aryl methyl sites for hydroxylation is 1. The Labute approximate surface area is 70.6 Å². The van der Waals surface area contributed by atoms with Gasteiger partial charge in [-0.1, -0.05) is 0 Å². The van der Waals surface area contributed by atoms with Gasteiger partial charge in [0.15, 0.2) is 0 Å². The number of imidazole rings is 1. The number of fused-ring (bicyclic) bond motifs is 1. The van der Waals surface area contributed by atoms with Crippen molar-refractivity contribution in [3.05, 3.63) is 30.2 Å². The average molecular weight is 162 g/mol. The Morgan fingerprint density at radius 2 is 2.25 bits per heavy atom. The summed E-state index contributed by atoms with van der Waals surface area (Å²) >= 11 is 0. The highest BCUT2D eigenvalue weighted by atomic mass is 16.5. The first kappa shape index (κ1) is 7.16. The third-order valence-corrected chi connectivity index (χ3v) is 1.99. The van der Waals surface area contributed by atoms with E-state index in [1.165, 1.54) is 0 Å². The Kier molecular flexibility index (Phi) is 1.50. The normalized spacial score (nSPS) is 10.5. The lowest BCUT2D eigenvalue weighted by atomic mass is 10.3. The van der Waals surface area contributed by atoms with Crippen LogP contribution in [-0.2, 0) is 0 Å². The molecule has 0 aliphatic rings. The van der Waals surface area contributed by atoms with Gasteiger partial charge in [-0.15, -0.1) is 0 Å².